The van der Waals surface area contributed by atoms with E-state index in [1.807, 2.05) is 25.1 Å². The summed E-state index contributed by atoms with van der Waals surface area (Å²) in [4.78, 5) is 23.9. The lowest BCUT2D eigenvalue weighted by Crippen LogP contribution is -2.27. The molecule has 6 N–H and O–H groups in total. The van der Waals surface area contributed by atoms with Gasteiger partial charge in [-0.1, -0.05) is 30.5 Å². The summed E-state index contributed by atoms with van der Waals surface area (Å²) >= 11 is 1.10. The number of hydrogen-bond donors (Lipinski definition) is 5. The number of amides is 3. The highest BCUT2D eigenvalue weighted by molar-refractivity contribution is 8.01. The van der Waals surface area contributed by atoms with Crippen LogP contribution in [0.4, 0.5) is 10.5 Å². The van der Waals surface area contributed by atoms with Gasteiger partial charge in [0, 0.05) is 36.4 Å². The molecule has 0 aromatic heterocycles. The standard InChI is InChI=1S/C23H27N5O3S/c1-16-14-19(27-23(31)26-18-8-4-3-5-9-18)10-6-11-20(16)21(15-22(24)30)28-32-17(2)25-12-7-13-29/h3-6,8-9,11,14,25,29H,2,7,12-13,15H2,1H3,(H2,24,30)(H2,26,27,31). The van der Waals surface area contributed by atoms with Crippen molar-refractivity contribution in [3.05, 3.63) is 82.7 Å². The van der Waals surface area contributed by atoms with Crippen LogP contribution in [0.2, 0.25) is 0 Å². The Kier molecular flexibility index (Phi) is 10.1. The largest absolute Gasteiger partial charge is 0.396 e. The van der Waals surface area contributed by atoms with Crippen molar-refractivity contribution in [1.29, 1.82) is 0 Å². The Morgan fingerprint density at radius 2 is 2.00 bits per heavy atom. The third-order valence-corrected chi connectivity index (χ3v) is 4.81. The van der Waals surface area contributed by atoms with E-state index in [2.05, 4.69) is 32.7 Å². The van der Waals surface area contributed by atoms with Crippen molar-refractivity contribution in [2.45, 2.75) is 19.8 Å². The minimum Gasteiger partial charge on any atom is -0.396 e. The van der Waals surface area contributed by atoms with Gasteiger partial charge in [-0.25, -0.2) is 9.19 Å². The molecule has 1 aromatic carbocycles. The first-order valence-electron chi connectivity index (χ1n) is 9.94. The van der Waals surface area contributed by atoms with Gasteiger partial charge in [0.15, 0.2) is 0 Å². The van der Waals surface area contributed by atoms with E-state index < -0.39 is 11.9 Å². The van der Waals surface area contributed by atoms with Crippen LogP contribution in [-0.4, -0.2) is 35.9 Å². The first-order chi connectivity index (χ1) is 15.4. The summed E-state index contributed by atoms with van der Waals surface area (Å²) in [5, 5.41) is 18.0. The molecule has 0 aliphatic heterocycles. The van der Waals surface area contributed by atoms with Gasteiger partial charge in [0.2, 0.25) is 5.91 Å². The second-order valence-corrected chi connectivity index (χ2v) is 7.63. The van der Waals surface area contributed by atoms with E-state index in [4.69, 9.17) is 10.8 Å². The molecule has 2 rings (SSSR count). The highest BCUT2D eigenvalue weighted by Crippen LogP contribution is 2.22. The molecule has 8 nitrogen and oxygen atoms in total. The van der Waals surface area contributed by atoms with Crippen LogP contribution in [0.25, 0.3) is 0 Å². The number of carbonyl (C=O) groups is 2. The normalized spacial score (nSPS) is 13.3. The third kappa shape index (κ3) is 8.69. The van der Waals surface area contributed by atoms with Crippen LogP contribution in [0.1, 0.15) is 19.8 Å². The van der Waals surface area contributed by atoms with E-state index in [1.54, 1.807) is 30.4 Å². The summed E-state index contributed by atoms with van der Waals surface area (Å²) in [5.74, 6) is -0.515. The fourth-order valence-electron chi connectivity index (χ4n) is 2.68. The van der Waals surface area contributed by atoms with E-state index in [-0.39, 0.29) is 13.0 Å². The van der Waals surface area contributed by atoms with Crippen molar-refractivity contribution in [3.63, 3.8) is 0 Å². The quantitative estimate of drug-likeness (QED) is 0.152. The van der Waals surface area contributed by atoms with Crippen LogP contribution in [0.5, 0.6) is 0 Å². The van der Waals surface area contributed by atoms with Gasteiger partial charge < -0.3 is 26.8 Å². The number of primary amides is 1. The van der Waals surface area contributed by atoms with E-state index >= 15 is 0 Å². The Morgan fingerprint density at radius 3 is 2.69 bits per heavy atom. The molecule has 0 atom stereocenters. The summed E-state index contributed by atoms with van der Waals surface area (Å²) in [6.07, 6.45) is 5.69. The SMILES string of the molecule is C=C(NCCCO)SN=C(CC(N)=O)C1=CC=C=C(NC(=O)Nc2ccccc2)C=C1C. The predicted octanol–water partition coefficient (Wildman–Crippen LogP) is 3.14. The average Bonchev–Trinajstić information content (AvgIpc) is 2.92. The highest BCUT2D eigenvalue weighted by Gasteiger charge is 2.15. The third-order valence-electron chi connectivity index (χ3n) is 4.13. The van der Waals surface area contributed by atoms with Crippen LogP contribution < -0.4 is 21.7 Å². The number of aliphatic hydroxyl groups excluding tert-OH is 1. The maximum atomic E-state index is 12.3. The Bertz CT molecular complexity index is 1010. The number of nitrogens with one attached hydrogen (secondary N) is 3. The molecule has 0 heterocycles. The molecule has 0 saturated carbocycles. The summed E-state index contributed by atoms with van der Waals surface area (Å²) in [6, 6.07) is 8.70. The molecule has 1 aliphatic rings. The monoisotopic (exact) mass is 453 g/mol. The molecular formula is C23H27N5O3S. The van der Waals surface area contributed by atoms with Crippen molar-refractivity contribution in [2.24, 2.45) is 10.1 Å². The number of para-hydroxylation sites is 1. The molecule has 32 heavy (non-hydrogen) atoms. The fourth-order valence-corrected chi connectivity index (χ4v) is 3.23. The minimum absolute atomic E-state index is 0.0565. The van der Waals surface area contributed by atoms with E-state index in [0.29, 0.717) is 40.7 Å². The number of hydrogen-bond acceptors (Lipinski definition) is 6. The maximum absolute atomic E-state index is 12.3. The number of nitrogens with two attached hydrogens (primary N) is 1. The zero-order chi connectivity index (χ0) is 23.3. The van der Waals surface area contributed by atoms with Crippen molar-refractivity contribution < 1.29 is 14.7 Å². The number of aliphatic hydroxyl groups is 1. The number of benzene rings is 1. The van der Waals surface area contributed by atoms with Gasteiger partial charge in [-0.3, -0.25) is 4.79 Å². The number of rotatable bonds is 11. The first kappa shape index (κ1) is 24.7. The number of allylic oxidation sites excluding steroid dienone is 4. The average molecular weight is 454 g/mol. The van der Waals surface area contributed by atoms with Gasteiger partial charge >= 0.3 is 6.03 Å². The Morgan fingerprint density at radius 1 is 1.25 bits per heavy atom. The molecule has 0 unspecified atom stereocenters. The summed E-state index contributed by atoms with van der Waals surface area (Å²) in [7, 11) is 0. The molecule has 3 amide bonds. The van der Waals surface area contributed by atoms with Crippen LogP contribution in [-0.2, 0) is 4.79 Å². The second kappa shape index (κ2) is 13.0. The van der Waals surface area contributed by atoms with Crippen LogP contribution in [0, 0.1) is 0 Å². The van der Waals surface area contributed by atoms with Gasteiger partial charge in [-0.05, 0) is 49.3 Å². The van der Waals surface area contributed by atoms with Gasteiger partial charge in [0.05, 0.1) is 22.9 Å². The summed E-state index contributed by atoms with van der Waals surface area (Å²) in [6.45, 7) is 6.37. The summed E-state index contributed by atoms with van der Waals surface area (Å²) in [5.41, 5.74) is 11.5. The molecule has 0 radical (unpaired) electrons. The molecule has 168 valence electrons. The molecule has 0 spiro atoms. The molecule has 1 aromatic rings. The van der Waals surface area contributed by atoms with Crippen molar-refractivity contribution >= 4 is 35.3 Å². The predicted molar refractivity (Wildman–Crippen MR) is 130 cm³/mol. The lowest BCUT2D eigenvalue weighted by atomic mass is 9.99. The van der Waals surface area contributed by atoms with Crippen molar-refractivity contribution in [1.82, 2.24) is 10.6 Å². The van der Waals surface area contributed by atoms with Gasteiger partial charge in [0.1, 0.15) is 0 Å². The zero-order valence-electron chi connectivity index (χ0n) is 17.9. The number of urea groups is 1. The van der Waals surface area contributed by atoms with E-state index in [1.165, 1.54) is 0 Å². The second-order valence-electron chi connectivity index (χ2n) is 6.78. The number of anilines is 1. The Labute approximate surface area is 191 Å². The number of nitrogens with zero attached hydrogens (tertiary/aromatic N) is 1. The minimum atomic E-state index is -0.515. The molecule has 1 aliphatic carbocycles. The topological polar surface area (TPSA) is 129 Å². The van der Waals surface area contributed by atoms with Gasteiger partial charge in [0.25, 0.3) is 0 Å². The lowest BCUT2D eigenvalue weighted by molar-refractivity contribution is -0.116. The molecule has 0 fully saturated rings. The lowest BCUT2D eigenvalue weighted by Gasteiger charge is -2.12. The first-order valence-corrected chi connectivity index (χ1v) is 10.7. The van der Waals surface area contributed by atoms with Crippen LogP contribution in [0.15, 0.2) is 87.1 Å². The highest BCUT2D eigenvalue weighted by atomic mass is 32.2. The van der Waals surface area contributed by atoms with E-state index in [0.717, 1.165) is 17.5 Å². The molecule has 0 saturated heterocycles. The van der Waals surface area contributed by atoms with Crippen molar-refractivity contribution in [2.75, 3.05) is 18.5 Å². The summed E-state index contributed by atoms with van der Waals surface area (Å²) < 4.78 is 4.44. The number of carbonyl (C=O) groups excluding carboxylic acids is 2. The van der Waals surface area contributed by atoms with E-state index in [9.17, 15) is 9.59 Å². The van der Waals surface area contributed by atoms with Gasteiger partial charge in [-0.15, -0.1) is 0 Å². The Hall–Kier alpha value is -3.52. The Balaban J connectivity index is 2.09. The smallest absolute Gasteiger partial charge is 0.324 e. The fraction of sp³-hybridized carbons (Fsp3) is 0.217. The van der Waals surface area contributed by atoms with Crippen LogP contribution >= 0.6 is 11.9 Å². The molecule has 9 heteroatoms. The maximum Gasteiger partial charge on any atom is 0.324 e. The van der Waals surface area contributed by atoms with Crippen molar-refractivity contribution in [3.8, 4) is 0 Å². The van der Waals surface area contributed by atoms with Gasteiger partial charge in [-0.2, -0.15) is 0 Å². The zero-order valence-corrected chi connectivity index (χ0v) is 18.7. The molecular weight excluding hydrogens is 426 g/mol. The van der Waals surface area contributed by atoms with Crippen LogP contribution in [0.3, 0.4) is 0 Å². The molecule has 0 bridgehead atoms.